The Morgan fingerprint density at radius 1 is 1.29 bits per heavy atom. The number of amides is 1. The Labute approximate surface area is 99.1 Å². The van der Waals surface area contributed by atoms with Gasteiger partial charge < -0.3 is 5.73 Å². The predicted molar refractivity (Wildman–Crippen MR) is 62.5 cm³/mol. The predicted octanol–water partition coefficient (Wildman–Crippen LogP) is 2.37. The highest BCUT2D eigenvalue weighted by molar-refractivity contribution is 9.25. The van der Waals surface area contributed by atoms with Crippen LogP contribution < -0.4 is 5.73 Å². The van der Waals surface area contributed by atoms with Gasteiger partial charge in [0, 0.05) is 5.92 Å². The molecule has 1 aliphatic carbocycles. The zero-order valence-electron chi connectivity index (χ0n) is 7.28. The van der Waals surface area contributed by atoms with Crippen LogP contribution in [-0.4, -0.2) is 9.14 Å². The summed E-state index contributed by atoms with van der Waals surface area (Å²) < 4.78 is -0.340. The van der Waals surface area contributed by atoms with Crippen LogP contribution in [0.3, 0.4) is 0 Å². The summed E-state index contributed by atoms with van der Waals surface area (Å²) in [4.78, 5) is 11.1. The molecule has 1 aromatic carbocycles. The fourth-order valence-electron chi connectivity index (χ4n) is 1.76. The van der Waals surface area contributed by atoms with Crippen LogP contribution >= 0.6 is 31.9 Å². The van der Waals surface area contributed by atoms with Crippen LogP contribution in [0.5, 0.6) is 0 Å². The third-order valence-electron chi connectivity index (χ3n) is 2.52. The smallest absolute Gasteiger partial charge is 0.223 e. The second-order valence-corrected chi connectivity index (χ2v) is 7.13. The standard InChI is InChI=1S/C10H9Br2NO/c11-10(12)7(8(10)9(13)14)6-4-2-1-3-5-6/h1-5,7-8H,(H2,13,14)/t7-,8+/m1/s1. The molecule has 14 heavy (non-hydrogen) atoms. The van der Waals surface area contributed by atoms with E-state index in [1.54, 1.807) is 0 Å². The third kappa shape index (κ3) is 1.50. The topological polar surface area (TPSA) is 43.1 Å². The third-order valence-corrected chi connectivity index (χ3v) is 4.49. The number of rotatable bonds is 2. The van der Waals surface area contributed by atoms with Crippen molar-refractivity contribution in [3.8, 4) is 0 Å². The Hall–Kier alpha value is -0.350. The highest BCUT2D eigenvalue weighted by atomic mass is 79.9. The maximum absolute atomic E-state index is 11.1. The zero-order valence-corrected chi connectivity index (χ0v) is 10.5. The highest BCUT2D eigenvalue weighted by Crippen LogP contribution is 2.67. The minimum Gasteiger partial charge on any atom is -0.369 e. The van der Waals surface area contributed by atoms with E-state index in [9.17, 15) is 4.79 Å². The Morgan fingerprint density at radius 2 is 1.86 bits per heavy atom. The lowest BCUT2D eigenvalue weighted by molar-refractivity contribution is -0.119. The van der Waals surface area contributed by atoms with E-state index < -0.39 is 0 Å². The molecule has 0 aromatic heterocycles. The molecule has 0 unspecified atom stereocenters. The normalized spacial score (nSPS) is 28.4. The van der Waals surface area contributed by atoms with Crippen molar-refractivity contribution in [2.45, 2.75) is 9.15 Å². The summed E-state index contributed by atoms with van der Waals surface area (Å²) in [6.07, 6.45) is 0. The number of nitrogens with two attached hydrogens (primary N) is 1. The molecule has 74 valence electrons. The Morgan fingerprint density at radius 3 is 2.29 bits per heavy atom. The van der Waals surface area contributed by atoms with Gasteiger partial charge in [-0.05, 0) is 5.56 Å². The molecule has 0 bridgehead atoms. The number of halogens is 2. The molecule has 0 radical (unpaired) electrons. The molecule has 0 spiro atoms. The maximum Gasteiger partial charge on any atom is 0.223 e. The SMILES string of the molecule is NC(=O)[C@@H]1[C@@H](c2ccccc2)C1(Br)Br. The van der Waals surface area contributed by atoms with Gasteiger partial charge >= 0.3 is 0 Å². The van der Waals surface area contributed by atoms with Crippen LogP contribution in [0.15, 0.2) is 30.3 Å². The van der Waals surface area contributed by atoms with Crippen LogP contribution in [-0.2, 0) is 4.79 Å². The summed E-state index contributed by atoms with van der Waals surface area (Å²) >= 11 is 6.94. The molecule has 2 N–H and O–H groups in total. The largest absolute Gasteiger partial charge is 0.369 e. The van der Waals surface area contributed by atoms with Gasteiger partial charge in [-0.3, -0.25) is 4.79 Å². The van der Waals surface area contributed by atoms with Gasteiger partial charge in [-0.15, -0.1) is 0 Å². The molecule has 1 aromatic rings. The molecule has 2 atom stereocenters. The van der Waals surface area contributed by atoms with E-state index in [1.165, 1.54) is 0 Å². The fourth-order valence-corrected chi connectivity index (χ4v) is 3.53. The van der Waals surface area contributed by atoms with Crippen LogP contribution in [0.4, 0.5) is 0 Å². The first-order valence-electron chi connectivity index (χ1n) is 4.27. The van der Waals surface area contributed by atoms with Crippen molar-refractivity contribution in [1.29, 1.82) is 0 Å². The fraction of sp³-hybridized carbons (Fsp3) is 0.300. The molecule has 1 amide bonds. The molecule has 2 rings (SSSR count). The van der Waals surface area contributed by atoms with Crippen molar-refractivity contribution in [2.75, 3.05) is 0 Å². The van der Waals surface area contributed by atoms with Gasteiger partial charge in [-0.1, -0.05) is 62.2 Å². The van der Waals surface area contributed by atoms with Gasteiger partial charge in [-0.2, -0.15) is 0 Å². The van der Waals surface area contributed by atoms with E-state index in [0.717, 1.165) is 5.56 Å². The highest BCUT2D eigenvalue weighted by Gasteiger charge is 2.65. The lowest BCUT2D eigenvalue weighted by Crippen LogP contribution is -2.16. The lowest BCUT2D eigenvalue weighted by atomic mass is 10.1. The Kier molecular flexibility index (Phi) is 2.43. The van der Waals surface area contributed by atoms with E-state index in [-0.39, 0.29) is 21.0 Å². The van der Waals surface area contributed by atoms with Gasteiger partial charge in [0.15, 0.2) is 0 Å². The molecule has 1 aliphatic rings. The number of carbonyl (C=O) groups is 1. The monoisotopic (exact) mass is 317 g/mol. The number of benzene rings is 1. The molecule has 0 heterocycles. The summed E-state index contributed by atoms with van der Waals surface area (Å²) in [5.41, 5.74) is 6.43. The average molecular weight is 319 g/mol. The zero-order chi connectivity index (χ0) is 10.3. The molecule has 4 heteroatoms. The summed E-state index contributed by atoms with van der Waals surface area (Å²) in [5, 5.41) is 0. The number of hydrogen-bond donors (Lipinski definition) is 1. The minimum absolute atomic E-state index is 0.140. The van der Waals surface area contributed by atoms with E-state index >= 15 is 0 Å². The molecular formula is C10H9Br2NO. The summed E-state index contributed by atoms with van der Waals surface area (Å²) in [6, 6.07) is 9.88. The van der Waals surface area contributed by atoms with Crippen LogP contribution in [0.25, 0.3) is 0 Å². The molecule has 1 saturated carbocycles. The second-order valence-electron chi connectivity index (χ2n) is 3.44. The van der Waals surface area contributed by atoms with Crippen LogP contribution in [0, 0.1) is 5.92 Å². The van der Waals surface area contributed by atoms with E-state index in [2.05, 4.69) is 31.9 Å². The lowest BCUT2D eigenvalue weighted by Gasteiger charge is -1.98. The van der Waals surface area contributed by atoms with Gasteiger partial charge in [0.25, 0.3) is 0 Å². The first-order chi connectivity index (χ1) is 6.55. The van der Waals surface area contributed by atoms with Gasteiger partial charge in [0.05, 0.1) is 5.92 Å². The Balaban J connectivity index is 2.28. The molecular weight excluding hydrogens is 310 g/mol. The molecule has 0 aliphatic heterocycles. The maximum atomic E-state index is 11.1. The first-order valence-corrected chi connectivity index (χ1v) is 5.86. The van der Waals surface area contributed by atoms with Crippen LogP contribution in [0.1, 0.15) is 11.5 Å². The quantitative estimate of drug-likeness (QED) is 0.836. The Bertz CT molecular complexity index is 364. The minimum atomic E-state index is -0.340. The van der Waals surface area contributed by atoms with Crippen molar-refractivity contribution in [2.24, 2.45) is 11.7 Å². The first kappa shape index (κ1) is 10.2. The number of carbonyl (C=O) groups excluding carboxylic acids is 1. The van der Waals surface area contributed by atoms with Gasteiger partial charge in [-0.25, -0.2) is 0 Å². The molecule has 0 saturated heterocycles. The van der Waals surface area contributed by atoms with Crippen molar-refractivity contribution < 1.29 is 4.79 Å². The summed E-state index contributed by atoms with van der Waals surface area (Å²) in [5.74, 6) is -0.293. The number of primary amides is 1. The van der Waals surface area contributed by atoms with E-state index in [0.29, 0.717) is 0 Å². The molecule has 2 nitrogen and oxygen atoms in total. The molecule has 1 fully saturated rings. The van der Waals surface area contributed by atoms with Crippen molar-refractivity contribution in [3.63, 3.8) is 0 Å². The number of hydrogen-bond acceptors (Lipinski definition) is 1. The van der Waals surface area contributed by atoms with Crippen molar-refractivity contribution in [3.05, 3.63) is 35.9 Å². The van der Waals surface area contributed by atoms with Gasteiger partial charge in [0.1, 0.15) is 3.23 Å². The van der Waals surface area contributed by atoms with Crippen molar-refractivity contribution in [1.82, 2.24) is 0 Å². The van der Waals surface area contributed by atoms with Crippen LogP contribution in [0.2, 0.25) is 0 Å². The average Bonchev–Trinajstić information content (AvgIpc) is 2.71. The van der Waals surface area contributed by atoms with Gasteiger partial charge in [0.2, 0.25) is 5.91 Å². The summed E-state index contributed by atoms with van der Waals surface area (Å²) in [7, 11) is 0. The van der Waals surface area contributed by atoms with E-state index in [4.69, 9.17) is 5.73 Å². The summed E-state index contributed by atoms with van der Waals surface area (Å²) in [6.45, 7) is 0. The second kappa shape index (κ2) is 3.35. The van der Waals surface area contributed by atoms with E-state index in [1.807, 2.05) is 30.3 Å². The van der Waals surface area contributed by atoms with Crippen molar-refractivity contribution >= 4 is 37.8 Å². The number of alkyl halides is 2.